The van der Waals surface area contributed by atoms with Crippen molar-refractivity contribution in [1.29, 1.82) is 0 Å². The smallest absolute Gasteiger partial charge is 0.122 e. The first kappa shape index (κ1) is 14.2. The number of rotatable bonds is 4. The molecule has 110 valence electrons. The number of hydrogen-bond acceptors (Lipinski definition) is 2. The predicted octanol–water partition coefficient (Wildman–Crippen LogP) is 3.82. The molecule has 2 atom stereocenters. The van der Waals surface area contributed by atoms with Gasteiger partial charge in [0.05, 0.1) is 6.61 Å². The van der Waals surface area contributed by atoms with Crippen molar-refractivity contribution in [1.82, 2.24) is 0 Å². The Bertz CT molecular complexity index is 608. The average molecular weight is 281 g/mol. The monoisotopic (exact) mass is 281 g/mol. The van der Waals surface area contributed by atoms with Gasteiger partial charge in [-0.15, -0.1) is 0 Å². The summed E-state index contributed by atoms with van der Waals surface area (Å²) in [5.74, 6) is 1.56. The van der Waals surface area contributed by atoms with Gasteiger partial charge in [-0.1, -0.05) is 48.0 Å². The van der Waals surface area contributed by atoms with Crippen molar-refractivity contribution in [3.05, 3.63) is 65.2 Å². The second-order valence-corrected chi connectivity index (χ2v) is 6.06. The molecule has 0 fully saturated rings. The van der Waals surface area contributed by atoms with Crippen molar-refractivity contribution in [3.63, 3.8) is 0 Å². The lowest BCUT2D eigenvalue weighted by Crippen LogP contribution is -2.27. The van der Waals surface area contributed by atoms with Crippen LogP contribution >= 0.6 is 0 Å². The van der Waals surface area contributed by atoms with E-state index in [1.165, 1.54) is 16.7 Å². The highest BCUT2D eigenvalue weighted by Crippen LogP contribution is 2.36. The molecule has 2 aromatic carbocycles. The summed E-state index contributed by atoms with van der Waals surface area (Å²) in [6, 6.07) is 17.2. The molecule has 1 aliphatic rings. The Morgan fingerprint density at radius 3 is 2.90 bits per heavy atom. The Hall–Kier alpha value is -1.80. The number of fused-ring (bicyclic) bond motifs is 1. The van der Waals surface area contributed by atoms with Crippen LogP contribution in [0.1, 0.15) is 35.4 Å². The fourth-order valence-electron chi connectivity index (χ4n) is 3.25. The van der Waals surface area contributed by atoms with Crippen molar-refractivity contribution in [2.24, 2.45) is 5.73 Å². The van der Waals surface area contributed by atoms with Gasteiger partial charge in [-0.25, -0.2) is 0 Å². The topological polar surface area (TPSA) is 35.2 Å². The van der Waals surface area contributed by atoms with Gasteiger partial charge in [0.25, 0.3) is 0 Å². The van der Waals surface area contributed by atoms with Gasteiger partial charge >= 0.3 is 0 Å². The summed E-state index contributed by atoms with van der Waals surface area (Å²) in [4.78, 5) is 0. The zero-order valence-electron chi connectivity index (χ0n) is 12.6. The minimum absolute atomic E-state index is 0.197. The predicted molar refractivity (Wildman–Crippen MR) is 86.8 cm³/mol. The third kappa shape index (κ3) is 3.45. The number of ether oxygens (including phenoxy) is 1. The van der Waals surface area contributed by atoms with Crippen molar-refractivity contribution < 1.29 is 4.74 Å². The van der Waals surface area contributed by atoms with Crippen LogP contribution in [-0.4, -0.2) is 12.6 Å². The molecule has 0 aliphatic carbocycles. The summed E-state index contributed by atoms with van der Waals surface area (Å²) in [6.07, 6.45) is 3.04. The molecule has 2 unspecified atom stereocenters. The minimum Gasteiger partial charge on any atom is -0.493 e. The molecular weight excluding hydrogens is 258 g/mol. The van der Waals surface area contributed by atoms with Gasteiger partial charge in [0.1, 0.15) is 5.75 Å². The molecule has 0 saturated carbocycles. The average Bonchev–Trinajstić information content (AvgIpc) is 2.47. The number of nitrogens with two attached hydrogens (primary N) is 1. The summed E-state index contributed by atoms with van der Waals surface area (Å²) < 4.78 is 5.73. The lowest BCUT2D eigenvalue weighted by molar-refractivity contribution is 0.259. The third-order valence-electron chi connectivity index (χ3n) is 4.25. The zero-order valence-corrected chi connectivity index (χ0v) is 12.6. The van der Waals surface area contributed by atoms with Gasteiger partial charge < -0.3 is 10.5 Å². The molecule has 2 heteroatoms. The van der Waals surface area contributed by atoms with Crippen molar-refractivity contribution >= 4 is 0 Å². The summed E-state index contributed by atoms with van der Waals surface area (Å²) in [6.45, 7) is 2.93. The largest absolute Gasteiger partial charge is 0.493 e. The lowest BCUT2D eigenvalue weighted by Gasteiger charge is -2.28. The van der Waals surface area contributed by atoms with Crippen LogP contribution in [0.3, 0.4) is 0 Å². The number of aryl methyl sites for hydroxylation is 1. The Labute approximate surface area is 126 Å². The maximum Gasteiger partial charge on any atom is 0.122 e. The van der Waals surface area contributed by atoms with E-state index < -0.39 is 0 Å². The van der Waals surface area contributed by atoms with Gasteiger partial charge in [0.15, 0.2) is 0 Å². The van der Waals surface area contributed by atoms with Crippen molar-refractivity contribution in [2.75, 3.05) is 6.61 Å². The number of benzene rings is 2. The van der Waals surface area contributed by atoms with Crippen LogP contribution in [-0.2, 0) is 6.42 Å². The minimum atomic E-state index is 0.197. The van der Waals surface area contributed by atoms with E-state index in [2.05, 4.69) is 49.4 Å². The van der Waals surface area contributed by atoms with Crippen LogP contribution in [0, 0.1) is 6.92 Å². The molecule has 21 heavy (non-hydrogen) atoms. The van der Waals surface area contributed by atoms with Crippen LogP contribution in [0.4, 0.5) is 0 Å². The summed E-state index contributed by atoms with van der Waals surface area (Å²) in [5.41, 5.74) is 10.4. The molecule has 2 N–H and O–H groups in total. The maximum absolute atomic E-state index is 6.40. The quantitative estimate of drug-likeness (QED) is 0.924. The first-order chi connectivity index (χ1) is 10.2. The van der Waals surface area contributed by atoms with Crippen LogP contribution in [0.25, 0.3) is 0 Å². The summed E-state index contributed by atoms with van der Waals surface area (Å²) in [7, 11) is 0. The highest BCUT2D eigenvalue weighted by molar-refractivity contribution is 5.37. The van der Waals surface area contributed by atoms with Gasteiger partial charge in [0, 0.05) is 6.04 Å². The Balaban J connectivity index is 1.67. The van der Waals surface area contributed by atoms with E-state index >= 15 is 0 Å². The molecule has 2 aromatic rings. The zero-order chi connectivity index (χ0) is 14.7. The van der Waals surface area contributed by atoms with E-state index in [4.69, 9.17) is 10.5 Å². The van der Waals surface area contributed by atoms with Crippen LogP contribution in [0.5, 0.6) is 5.75 Å². The van der Waals surface area contributed by atoms with Gasteiger partial charge in [-0.3, -0.25) is 0 Å². The van der Waals surface area contributed by atoms with E-state index in [0.717, 1.165) is 31.6 Å². The maximum atomic E-state index is 6.40. The molecule has 0 amide bonds. The normalized spacial score (nSPS) is 18.7. The Morgan fingerprint density at radius 1 is 1.19 bits per heavy atom. The SMILES string of the molecule is Cc1cccc(CC(N)CC2CCOc3ccccc32)c1. The second-order valence-electron chi connectivity index (χ2n) is 6.06. The van der Waals surface area contributed by atoms with Crippen LogP contribution < -0.4 is 10.5 Å². The Morgan fingerprint density at radius 2 is 2.05 bits per heavy atom. The lowest BCUT2D eigenvalue weighted by atomic mass is 9.86. The molecule has 0 saturated heterocycles. The molecule has 0 aromatic heterocycles. The highest BCUT2D eigenvalue weighted by Gasteiger charge is 2.23. The third-order valence-corrected chi connectivity index (χ3v) is 4.25. The first-order valence-electron chi connectivity index (χ1n) is 7.75. The van der Waals surface area contributed by atoms with E-state index in [9.17, 15) is 0 Å². The van der Waals surface area contributed by atoms with Crippen LogP contribution in [0.15, 0.2) is 48.5 Å². The molecule has 1 aliphatic heterocycles. The highest BCUT2D eigenvalue weighted by atomic mass is 16.5. The molecule has 3 rings (SSSR count). The van der Waals surface area contributed by atoms with Crippen molar-refractivity contribution in [3.8, 4) is 5.75 Å². The van der Waals surface area contributed by atoms with E-state index in [0.29, 0.717) is 5.92 Å². The van der Waals surface area contributed by atoms with Crippen molar-refractivity contribution in [2.45, 2.75) is 38.1 Å². The Kier molecular flexibility index (Phi) is 4.26. The summed E-state index contributed by atoms with van der Waals surface area (Å²) >= 11 is 0. The first-order valence-corrected chi connectivity index (χ1v) is 7.75. The fourth-order valence-corrected chi connectivity index (χ4v) is 3.25. The molecule has 0 spiro atoms. The molecule has 2 nitrogen and oxygen atoms in total. The van der Waals surface area contributed by atoms with Gasteiger partial charge in [-0.05, 0) is 49.3 Å². The summed E-state index contributed by atoms with van der Waals surface area (Å²) in [5, 5.41) is 0. The van der Waals surface area contributed by atoms with E-state index in [1.54, 1.807) is 0 Å². The van der Waals surface area contributed by atoms with Gasteiger partial charge in [-0.2, -0.15) is 0 Å². The molecule has 0 bridgehead atoms. The van der Waals surface area contributed by atoms with Crippen LogP contribution in [0.2, 0.25) is 0 Å². The van der Waals surface area contributed by atoms with Gasteiger partial charge in [0.2, 0.25) is 0 Å². The van der Waals surface area contributed by atoms with E-state index in [-0.39, 0.29) is 6.04 Å². The molecule has 0 radical (unpaired) electrons. The van der Waals surface area contributed by atoms with E-state index in [1.807, 2.05) is 6.07 Å². The molecule has 1 heterocycles. The number of para-hydroxylation sites is 1. The molecular formula is C19H23NO. The second kappa shape index (κ2) is 6.31. The standard InChI is InChI=1S/C19H23NO/c1-14-5-4-6-15(11-14)12-17(20)13-16-9-10-21-19-8-3-2-7-18(16)19/h2-8,11,16-17H,9-10,12-13,20H2,1H3. The number of hydrogen-bond donors (Lipinski definition) is 1. The fraction of sp³-hybridized carbons (Fsp3) is 0.368.